The maximum Gasteiger partial charge on any atom is 0.417 e. The monoisotopic (exact) mass is 275 g/mol. The van der Waals surface area contributed by atoms with E-state index in [0.717, 1.165) is 12.1 Å². The van der Waals surface area contributed by atoms with E-state index >= 15 is 0 Å². The van der Waals surface area contributed by atoms with Gasteiger partial charge in [0.25, 0.3) is 5.91 Å². The van der Waals surface area contributed by atoms with E-state index < -0.39 is 35.2 Å². The third-order valence-corrected chi connectivity index (χ3v) is 2.34. The van der Waals surface area contributed by atoms with Gasteiger partial charge in [-0.2, -0.15) is 13.2 Å². The molecule has 104 valence electrons. The maximum atomic E-state index is 12.7. The van der Waals surface area contributed by atoms with Gasteiger partial charge < -0.3 is 10.4 Å². The van der Waals surface area contributed by atoms with Gasteiger partial charge in [-0.3, -0.25) is 9.59 Å². The Labute approximate surface area is 107 Å². The number of rotatable bonds is 4. The van der Waals surface area contributed by atoms with Crippen molar-refractivity contribution in [2.24, 2.45) is 0 Å². The van der Waals surface area contributed by atoms with Crippen LogP contribution in [0.2, 0.25) is 0 Å². The molecule has 7 heteroatoms. The molecule has 1 rings (SSSR count). The van der Waals surface area contributed by atoms with Gasteiger partial charge in [0, 0.05) is 6.04 Å². The molecular formula is C12H12F3NO3. The fraction of sp³-hybridized carbons (Fsp3) is 0.333. The van der Waals surface area contributed by atoms with Crippen LogP contribution < -0.4 is 5.32 Å². The number of hydrogen-bond donors (Lipinski definition) is 2. The van der Waals surface area contributed by atoms with Gasteiger partial charge >= 0.3 is 12.1 Å². The van der Waals surface area contributed by atoms with Crippen LogP contribution in [0.25, 0.3) is 0 Å². The highest BCUT2D eigenvalue weighted by molar-refractivity contribution is 5.96. The van der Waals surface area contributed by atoms with Crippen LogP contribution >= 0.6 is 0 Å². The molecule has 0 aliphatic heterocycles. The molecule has 0 aliphatic carbocycles. The summed E-state index contributed by atoms with van der Waals surface area (Å²) in [4.78, 5) is 22.1. The molecule has 4 nitrogen and oxygen atoms in total. The first-order chi connectivity index (χ1) is 8.71. The zero-order valence-electron chi connectivity index (χ0n) is 9.99. The van der Waals surface area contributed by atoms with Crippen molar-refractivity contribution in [3.63, 3.8) is 0 Å². The molecule has 0 heterocycles. The van der Waals surface area contributed by atoms with Crippen LogP contribution in [0.5, 0.6) is 0 Å². The fourth-order valence-corrected chi connectivity index (χ4v) is 1.54. The first-order valence-electron chi connectivity index (χ1n) is 5.40. The van der Waals surface area contributed by atoms with E-state index in [1.165, 1.54) is 19.1 Å². The second-order valence-electron chi connectivity index (χ2n) is 4.02. The molecule has 0 bridgehead atoms. The zero-order chi connectivity index (χ0) is 14.6. The quantitative estimate of drug-likeness (QED) is 0.886. The molecule has 0 spiro atoms. The molecule has 0 fully saturated rings. The molecule has 1 aromatic rings. The Morgan fingerprint density at radius 2 is 1.89 bits per heavy atom. The van der Waals surface area contributed by atoms with Gasteiger partial charge in [-0.15, -0.1) is 0 Å². The van der Waals surface area contributed by atoms with Gasteiger partial charge in [-0.05, 0) is 19.1 Å². The van der Waals surface area contributed by atoms with E-state index in [0.29, 0.717) is 0 Å². The van der Waals surface area contributed by atoms with Gasteiger partial charge in [0.1, 0.15) is 0 Å². The summed E-state index contributed by atoms with van der Waals surface area (Å²) in [6.45, 7) is 1.40. The average Bonchev–Trinajstić information content (AvgIpc) is 2.26. The van der Waals surface area contributed by atoms with Crippen molar-refractivity contribution < 1.29 is 27.9 Å². The molecule has 19 heavy (non-hydrogen) atoms. The minimum atomic E-state index is -4.63. The third-order valence-electron chi connectivity index (χ3n) is 2.34. The van der Waals surface area contributed by atoms with E-state index in [9.17, 15) is 22.8 Å². The van der Waals surface area contributed by atoms with Crippen LogP contribution in [0.3, 0.4) is 0 Å². The summed E-state index contributed by atoms with van der Waals surface area (Å²) in [5, 5.41) is 10.7. The Morgan fingerprint density at radius 1 is 1.32 bits per heavy atom. The number of carboxylic acids is 1. The molecule has 1 amide bonds. The van der Waals surface area contributed by atoms with Crippen molar-refractivity contribution in [2.75, 3.05) is 0 Å². The van der Waals surface area contributed by atoms with Crippen LogP contribution in [-0.4, -0.2) is 23.0 Å². The largest absolute Gasteiger partial charge is 0.481 e. The summed E-state index contributed by atoms with van der Waals surface area (Å²) in [5.41, 5.74) is -1.57. The Balaban J connectivity index is 2.92. The second-order valence-corrected chi connectivity index (χ2v) is 4.02. The summed E-state index contributed by atoms with van der Waals surface area (Å²) >= 11 is 0. The molecule has 0 radical (unpaired) electrons. The summed E-state index contributed by atoms with van der Waals surface area (Å²) in [7, 11) is 0. The Kier molecular flexibility index (Phi) is 4.52. The van der Waals surface area contributed by atoms with Crippen molar-refractivity contribution in [3.8, 4) is 0 Å². The Bertz CT molecular complexity index is 485. The molecule has 2 N–H and O–H groups in total. The molecule has 1 aromatic carbocycles. The van der Waals surface area contributed by atoms with Crippen molar-refractivity contribution >= 4 is 11.9 Å². The van der Waals surface area contributed by atoms with Crippen molar-refractivity contribution in [1.29, 1.82) is 0 Å². The minimum absolute atomic E-state index is 0.361. The van der Waals surface area contributed by atoms with Crippen LogP contribution in [0.1, 0.15) is 29.3 Å². The van der Waals surface area contributed by atoms with Gasteiger partial charge in [0.05, 0.1) is 17.5 Å². The zero-order valence-corrected chi connectivity index (χ0v) is 9.99. The summed E-state index contributed by atoms with van der Waals surface area (Å²) < 4.78 is 38.0. The highest BCUT2D eigenvalue weighted by Crippen LogP contribution is 2.31. The summed E-state index contributed by atoms with van der Waals surface area (Å²) in [6, 6.07) is 3.58. The lowest BCUT2D eigenvalue weighted by Gasteiger charge is -2.15. The van der Waals surface area contributed by atoms with Crippen molar-refractivity contribution in [1.82, 2.24) is 5.32 Å². The number of carbonyl (C=O) groups excluding carboxylic acids is 1. The van der Waals surface area contributed by atoms with Crippen molar-refractivity contribution in [2.45, 2.75) is 25.6 Å². The van der Waals surface area contributed by atoms with Crippen molar-refractivity contribution in [3.05, 3.63) is 35.4 Å². The molecule has 1 atom stereocenters. The van der Waals surface area contributed by atoms with Crippen LogP contribution in [0.4, 0.5) is 13.2 Å². The number of aliphatic carboxylic acids is 1. The number of carbonyl (C=O) groups is 2. The SMILES string of the molecule is CC(CC(=O)O)NC(=O)c1ccccc1C(F)(F)F. The number of benzene rings is 1. The van der Waals surface area contributed by atoms with Crippen LogP contribution in [-0.2, 0) is 11.0 Å². The highest BCUT2D eigenvalue weighted by Gasteiger charge is 2.35. The van der Waals surface area contributed by atoms with Gasteiger partial charge in [-0.25, -0.2) is 0 Å². The van der Waals surface area contributed by atoms with Crippen LogP contribution in [0, 0.1) is 0 Å². The molecule has 0 saturated carbocycles. The molecule has 0 aromatic heterocycles. The number of nitrogens with one attached hydrogen (secondary N) is 1. The van der Waals surface area contributed by atoms with E-state index in [1.54, 1.807) is 0 Å². The maximum absolute atomic E-state index is 12.7. The lowest BCUT2D eigenvalue weighted by atomic mass is 10.1. The second kappa shape index (κ2) is 5.73. The topological polar surface area (TPSA) is 66.4 Å². The number of halogens is 3. The Morgan fingerprint density at radius 3 is 2.42 bits per heavy atom. The average molecular weight is 275 g/mol. The standard InChI is InChI=1S/C12H12F3NO3/c1-7(6-10(17)18)16-11(19)8-4-2-3-5-9(8)12(13,14)15/h2-5,7H,6H2,1H3,(H,16,19)(H,17,18). The first kappa shape index (κ1) is 15.0. The highest BCUT2D eigenvalue weighted by atomic mass is 19.4. The lowest BCUT2D eigenvalue weighted by Crippen LogP contribution is -2.35. The van der Waals surface area contributed by atoms with Crippen LogP contribution in [0.15, 0.2) is 24.3 Å². The Hall–Kier alpha value is -2.05. The normalized spacial score (nSPS) is 12.8. The molecular weight excluding hydrogens is 263 g/mol. The fourth-order valence-electron chi connectivity index (χ4n) is 1.54. The van der Waals surface area contributed by atoms with E-state index in [2.05, 4.69) is 5.32 Å². The van der Waals surface area contributed by atoms with E-state index in [-0.39, 0.29) is 6.42 Å². The number of amides is 1. The molecule has 0 saturated heterocycles. The summed E-state index contributed by atoms with van der Waals surface area (Å²) in [5.74, 6) is -2.08. The third kappa shape index (κ3) is 4.27. The van der Waals surface area contributed by atoms with E-state index in [4.69, 9.17) is 5.11 Å². The van der Waals surface area contributed by atoms with Gasteiger partial charge in [0.15, 0.2) is 0 Å². The number of hydrogen-bond acceptors (Lipinski definition) is 2. The molecule has 0 aliphatic rings. The number of carboxylic acid groups (broad SMARTS) is 1. The van der Waals surface area contributed by atoms with Gasteiger partial charge in [-0.1, -0.05) is 12.1 Å². The summed E-state index contributed by atoms with van der Waals surface area (Å²) in [6.07, 6.45) is -5.00. The first-order valence-corrected chi connectivity index (χ1v) is 5.40. The van der Waals surface area contributed by atoms with E-state index in [1.807, 2.05) is 0 Å². The number of alkyl halides is 3. The lowest BCUT2D eigenvalue weighted by molar-refractivity contribution is -0.138. The molecule has 1 unspecified atom stereocenters. The minimum Gasteiger partial charge on any atom is -0.481 e. The smallest absolute Gasteiger partial charge is 0.417 e. The predicted octanol–water partition coefficient (Wildman–Crippen LogP) is 2.30. The predicted molar refractivity (Wildman–Crippen MR) is 60.6 cm³/mol. The van der Waals surface area contributed by atoms with Gasteiger partial charge in [0.2, 0.25) is 0 Å².